The Morgan fingerprint density at radius 1 is 1.07 bits per heavy atom. The number of anilines is 1. The van der Waals surface area contributed by atoms with E-state index in [1.54, 1.807) is 6.20 Å². The average molecular weight is 363 g/mol. The van der Waals surface area contributed by atoms with Crippen LogP contribution < -0.4 is 9.64 Å². The van der Waals surface area contributed by atoms with Crippen LogP contribution in [0, 0.1) is 0 Å². The lowest BCUT2D eigenvalue weighted by atomic mass is 10.1. The second kappa shape index (κ2) is 6.97. The van der Waals surface area contributed by atoms with Crippen molar-refractivity contribution in [3.63, 3.8) is 0 Å². The molecule has 1 aromatic carbocycles. The first kappa shape index (κ1) is 16.8. The molecule has 1 saturated heterocycles. The summed E-state index contributed by atoms with van der Waals surface area (Å²) in [6.07, 6.45) is 7.59. The van der Waals surface area contributed by atoms with Crippen molar-refractivity contribution in [2.75, 3.05) is 11.4 Å². The van der Waals surface area contributed by atoms with Gasteiger partial charge in [-0.3, -0.25) is 14.7 Å². The zero-order valence-corrected chi connectivity index (χ0v) is 15.5. The van der Waals surface area contributed by atoms with Crippen molar-refractivity contribution in [3.05, 3.63) is 54.4 Å². The topological polar surface area (TPSA) is 45.7 Å². The summed E-state index contributed by atoms with van der Waals surface area (Å²) in [5.74, 6) is 0.990. The van der Waals surface area contributed by atoms with Gasteiger partial charge in [0.25, 0.3) is 0 Å². The highest BCUT2D eigenvalue weighted by Crippen LogP contribution is 2.39. The fourth-order valence-electron chi connectivity index (χ4n) is 4.86. The van der Waals surface area contributed by atoms with Gasteiger partial charge in [0.15, 0.2) is 0 Å². The Balaban J connectivity index is 1.52. The maximum atomic E-state index is 13.7. The van der Waals surface area contributed by atoms with Crippen molar-refractivity contribution in [2.45, 2.75) is 56.8 Å². The molecule has 1 aliphatic carbocycles. The number of hydrogen-bond donors (Lipinski definition) is 0. The Labute approximate surface area is 159 Å². The Hall–Kier alpha value is -2.40. The fourth-order valence-corrected chi connectivity index (χ4v) is 4.86. The number of rotatable bonds is 3. The molecule has 5 heteroatoms. The molecule has 1 saturated carbocycles. The Kier molecular flexibility index (Phi) is 4.32. The zero-order valence-electron chi connectivity index (χ0n) is 15.5. The third kappa shape index (κ3) is 3.10. The van der Waals surface area contributed by atoms with E-state index in [9.17, 15) is 4.79 Å². The van der Waals surface area contributed by atoms with Crippen molar-refractivity contribution in [1.82, 2.24) is 9.88 Å². The van der Waals surface area contributed by atoms with E-state index >= 15 is 0 Å². The molecule has 140 valence electrons. The lowest BCUT2D eigenvalue weighted by molar-refractivity contribution is -0.123. The number of para-hydroxylation sites is 2. The van der Waals surface area contributed by atoms with Crippen LogP contribution in [0.15, 0.2) is 48.7 Å². The lowest BCUT2D eigenvalue weighted by Crippen LogP contribution is -2.48. The first-order valence-electron chi connectivity index (χ1n) is 10.0. The summed E-state index contributed by atoms with van der Waals surface area (Å²) in [6, 6.07) is 14.2. The Bertz CT molecular complexity index is 819. The molecule has 0 spiro atoms. The van der Waals surface area contributed by atoms with E-state index < -0.39 is 0 Å². The van der Waals surface area contributed by atoms with Crippen LogP contribution in [0.2, 0.25) is 0 Å². The number of hydrogen-bond acceptors (Lipinski definition) is 4. The minimum Gasteiger partial charge on any atom is -0.487 e. The monoisotopic (exact) mass is 363 g/mol. The Morgan fingerprint density at radius 2 is 1.89 bits per heavy atom. The number of ether oxygens (including phenoxy) is 1. The highest BCUT2D eigenvalue weighted by molar-refractivity contribution is 5.99. The molecular weight excluding hydrogens is 338 g/mol. The highest BCUT2D eigenvalue weighted by Gasteiger charge is 2.45. The maximum Gasteiger partial charge on any atom is 0.244 e. The summed E-state index contributed by atoms with van der Waals surface area (Å²) in [5.41, 5.74) is 1.75. The molecule has 5 rings (SSSR count). The van der Waals surface area contributed by atoms with Gasteiger partial charge in [-0.2, -0.15) is 0 Å². The minimum absolute atomic E-state index is 0.0878. The number of carbonyl (C=O) groups excluding carboxylic acids is 1. The number of benzene rings is 1. The molecule has 2 bridgehead atoms. The maximum absolute atomic E-state index is 13.7. The van der Waals surface area contributed by atoms with Gasteiger partial charge in [-0.25, -0.2) is 0 Å². The summed E-state index contributed by atoms with van der Waals surface area (Å²) in [5, 5.41) is 0. The first-order valence-corrected chi connectivity index (χ1v) is 10.0. The Morgan fingerprint density at radius 3 is 2.70 bits per heavy atom. The quantitative estimate of drug-likeness (QED) is 0.839. The number of aromatic nitrogens is 1. The van der Waals surface area contributed by atoms with E-state index in [0.29, 0.717) is 12.6 Å². The molecule has 2 atom stereocenters. The molecule has 0 N–H and O–H groups in total. The second-order valence-electron chi connectivity index (χ2n) is 7.84. The van der Waals surface area contributed by atoms with Gasteiger partial charge in [0.2, 0.25) is 5.91 Å². The van der Waals surface area contributed by atoms with E-state index in [-0.39, 0.29) is 18.1 Å². The molecule has 5 nitrogen and oxygen atoms in total. The minimum atomic E-state index is -0.0878. The van der Waals surface area contributed by atoms with Crippen LogP contribution in [0.4, 0.5) is 5.69 Å². The molecular formula is C22H25N3O2. The molecule has 2 aromatic rings. The molecule has 3 aliphatic rings. The van der Waals surface area contributed by atoms with Crippen molar-refractivity contribution >= 4 is 11.6 Å². The smallest absolute Gasteiger partial charge is 0.244 e. The average Bonchev–Trinajstić information content (AvgIpc) is 3.36. The van der Waals surface area contributed by atoms with Gasteiger partial charge in [0.05, 0.1) is 24.0 Å². The number of carbonyl (C=O) groups is 1. The third-order valence-corrected chi connectivity index (χ3v) is 6.14. The first-order chi connectivity index (χ1) is 13.3. The molecule has 27 heavy (non-hydrogen) atoms. The molecule has 1 amide bonds. The molecule has 2 fully saturated rings. The van der Waals surface area contributed by atoms with Gasteiger partial charge < -0.3 is 9.64 Å². The van der Waals surface area contributed by atoms with Crippen LogP contribution in [-0.2, 0) is 11.3 Å². The van der Waals surface area contributed by atoms with Crippen LogP contribution >= 0.6 is 0 Å². The van der Waals surface area contributed by atoms with Crippen molar-refractivity contribution in [2.24, 2.45) is 0 Å². The largest absolute Gasteiger partial charge is 0.487 e. The van der Waals surface area contributed by atoms with Gasteiger partial charge in [-0.1, -0.05) is 31.0 Å². The zero-order chi connectivity index (χ0) is 18.2. The summed E-state index contributed by atoms with van der Waals surface area (Å²) in [7, 11) is 0. The van der Waals surface area contributed by atoms with E-state index in [4.69, 9.17) is 4.74 Å². The van der Waals surface area contributed by atoms with E-state index in [0.717, 1.165) is 30.1 Å². The van der Waals surface area contributed by atoms with Crippen molar-refractivity contribution < 1.29 is 9.53 Å². The molecule has 0 unspecified atom stereocenters. The normalized spacial score (nSPS) is 25.8. The van der Waals surface area contributed by atoms with Crippen LogP contribution in [0.1, 0.15) is 37.8 Å². The van der Waals surface area contributed by atoms with Gasteiger partial charge in [0, 0.05) is 25.2 Å². The predicted molar refractivity (Wildman–Crippen MR) is 104 cm³/mol. The molecule has 1 aromatic heterocycles. The van der Waals surface area contributed by atoms with Gasteiger partial charge in [-0.15, -0.1) is 0 Å². The van der Waals surface area contributed by atoms with E-state index in [2.05, 4.69) is 9.88 Å². The second-order valence-corrected chi connectivity index (χ2v) is 7.84. The lowest BCUT2D eigenvalue weighted by Gasteiger charge is -2.33. The number of likely N-dealkylation sites (tertiary alicyclic amines) is 1. The van der Waals surface area contributed by atoms with Crippen molar-refractivity contribution in [3.8, 4) is 5.75 Å². The van der Waals surface area contributed by atoms with E-state index in [1.165, 1.54) is 25.7 Å². The van der Waals surface area contributed by atoms with Crippen LogP contribution in [0.5, 0.6) is 5.75 Å². The summed E-state index contributed by atoms with van der Waals surface area (Å²) < 4.78 is 6.38. The number of pyridine rings is 1. The molecule has 3 heterocycles. The van der Waals surface area contributed by atoms with Crippen LogP contribution in [0.3, 0.4) is 0 Å². The van der Waals surface area contributed by atoms with E-state index in [1.807, 2.05) is 47.4 Å². The number of amides is 1. The number of nitrogens with zero attached hydrogens (tertiary/aromatic N) is 3. The predicted octanol–water partition coefficient (Wildman–Crippen LogP) is 3.39. The highest BCUT2D eigenvalue weighted by atomic mass is 16.5. The van der Waals surface area contributed by atoms with Gasteiger partial charge >= 0.3 is 0 Å². The third-order valence-electron chi connectivity index (χ3n) is 6.14. The van der Waals surface area contributed by atoms with Gasteiger partial charge in [-0.05, 0) is 37.1 Å². The fraction of sp³-hybridized carbons (Fsp3) is 0.455. The summed E-state index contributed by atoms with van der Waals surface area (Å²) in [6.45, 7) is 1.33. The molecule has 0 radical (unpaired) electrons. The van der Waals surface area contributed by atoms with Crippen LogP contribution in [-0.4, -0.2) is 40.5 Å². The summed E-state index contributed by atoms with van der Waals surface area (Å²) in [4.78, 5) is 22.4. The SMILES string of the molecule is O=C1[C@@H]2C[C@@H](CN2C2CCCC2)Oc2ccccc2N1Cc1ccccn1. The summed E-state index contributed by atoms with van der Waals surface area (Å²) >= 11 is 0. The van der Waals surface area contributed by atoms with Crippen molar-refractivity contribution in [1.29, 1.82) is 0 Å². The molecule has 2 aliphatic heterocycles. The van der Waals surface area contributed by atoms with Crippen LogP contribution in [0.25, 0.3) is 0 Å². The van der Waals surface area contributed by atoms with Gasteiger partial charge in [0.1, 0.15) is 11.9 Å². The number of fused-ring (bicyclic) bond motifs is 3. The standard InChI is InChI=1S/C22H25N3O2/c26-22-20-13-18(15-24(20)17-8-1-2-9-17)27-21-11-4-3-10-19(21)25(22)14-16-7-5-6-12-23-16/h3-7,10-12,17-18,20H,1-2,8-9,13-15H2/t18-,20-/m0/s1.